The van der Waals surface area contributed by atoms with Gasteiger partial charge in [-0.3, -0.25) is 4.79 Å². The number of carbonyl (C=O) groups is 1. The van der Waals surface area contributed by atoms with E-state index >= 15 is 0 Å². The van der Waals surface area contributed by atoms with Crippen LogP contribution in [0.1, 0.15) is 25.7 Å². The van der Waals surface area contributed by atoms with Crippen molar-refractivity contribution in [3.8, 4) is 0 Å². The largest absolute Gasteiger partial charge is 0.481 e. The van der Waals surface area contributed by atoms with Gasteiger partial charge in [-0.25, -0.2) is 0 Å². The number of hydrogen-bond acceptors (Lipinski definition) is 2. The van der Waals surface area contributed by atoms with Gasteiger partial charge in [0.15, 0.2) is 6.10 Å². The monoisotopic (exact) mass is 212 g/mol. The van der Waals surface area contributed by atoms with Crippen LogP contribution in [0.3, 0.4) is 0 Å². The third kappa shape index (κ3) is 2.00. The van der Waals surface area contributed by atoms with Crippen molar-refractivity contribution in [1.29, 1.82) is 0 Å². The Morgan fingerprint density at radius 1 is 1.43 bits per heavy atom. The standard InChI is InChI=1S/C8H11F3O3/c9-8(10,11)5(12)4-7(6(13)14)2-1-3-7/h5,12H,1-4H2,(H,13,14). The Morgan fingerprint density at radius 2 is 1.93 bits per heavy atom. The molecule has 0 heterocycles. The van der Waals surface area contributed by atoms with E-state index in [0.29, 0.717) is 6.42 Å². The van der Waals surface area contributed by atoms with Crippen LogP contribution in [-0.2, 0) is 4.79 Å². The highest BCUT2D eigenvalue weighted by atomic mass is 19.4. The lowest BCUT2D eigenvalue weighted by Crippen LogP contribution is -2.44. The summed E-state index contributed by atoms with van der Waals surface area (Å²) < 4.78 is 35.9. The predicted octanol–water partition coefficient (Wildman–Crippen LogP) is 1.55. The summed E-state index contributed by atoms with van der Waals surface area (Å²) in [6.45, 7) is 0. The smallest absolute Gasteiger partial charge is 0.414 e. The first-order valence-corrected chi connectivity index (χ1v) is 4.26. The molecule has 1 rings (SSSR count). The van der Waals surface area contributed by atoms with Gasteiger partial charge in [-0.05, 0) is 19.3 Å². The Labute approximate surface area is 78.5 Å². The molecule has 3 nitrogen and oxygen atoms in total. The molecule has 0 saturated heterocycles. The van der Waals surface area contributed by atoms with Crippen LogP contribution in [0.15, 0.2) is 0 Å². The molecule has 1 atom stereocenters. The van der Waals surface area contributed by atoms with Crippen LogP contribution in [0.4, 0.5) is 13.2 Å². The molecule has 0 aromatic heterocycles. The molecule has 0 bridgehead atoms. The van der Waals surface area contributed by atoms with Gasteiger partial charge in [-0.2, -0.15) is 13.2 Å². The SMILES string of the molecule is O=C(O)C1(CC(O)C(F)(F)F)CCC1. The fourth-order valence-electron chi connectivity index (χ4n) is 1.59. The van der Waals surface area contributed by atoms with E-state index in [9.17, 15) is 18.0 Å². The van der Waals surface area contributed by atoms with E-state index in [0.717, 1.165) is 0 Å². The van der Waals surface area contributed by atoms with Gasteiger partial charge in [0, 0.05) is 0 Å². The highest BCUT2D eigenvalue weighted by Gasteiger charge is 2.51. The van der Waals surface area contributed by atoms with Crippen LogP contribution >= 0.6 is 0 Å². The molecular formula is C8H11F3O3. The Morgan fingerprint density at radius 3 is 2.14 bits per heavy atom. The van der Waals surface area contributed by atoms with E-state index in [1.165, 1.54) is 0 Å². The lowest BCUT2D eigenvalue weighted by molar-refractivity contribution is -0.218. The van der Waals surface area contributed by atoms with E-state index < -0.39 is 30.1 Å². The summed E-state index contributed by atoms with van der Waals surface area (Å²) in [5.74, 6) is -1.24. The average molecular weight is 212 g/mol. The van der Waals surface area contributed by atoms with Crippen molar-refractivity contribution in [3.05, 3.63) is 0 Å². The molecule has 1 aliphatic rings. The van der Waals surface area contributed by atoms with Gasteiger partial charge in [0.2, 0.25) is 0 Å². The molecule has 82 valence electrons. The second-order valence-electron chi connectivity index (χ2n) is 3.70. The number of carboxylic acids is 1. The van der Waals surface area contributed by atoms with Gasteiger partial charge in [-0.1, -0.05) is 6.42 Å². The van der Waals surface area contributed by atoms with Crippen LogP contribution in [0.5, 0.6) is 0 Å². The molecule has 14 heavy (non-hydrogen) atoms. The van der Waals surface area contributed by atoms with E-state index in [1.54, 1.807) is 0 Å². The Kier molecular flexibility index (Phi) is 2.76. The van der Waals surface area contributed by atoms with Crippen LogP contribution < -0.4 is 0 Å². The predicted molar refractivity (Wildman–Crippen MR) is 40.6 cm³/mol. The molecular weight excluding hydrogens is 201 g/mol. The molecule has 0 radical (unpaired) electrons. The summed E-state index contributed by atoms with van der Waals surface area (Å²) in [6, 6.07) is 0. The van der Waals surface area contributed by atoms with Crippen molar-refractivity contribution in [1.82, 2.24) is 0 Å². The van der Waals surface area contributed by atoms with E-state index in [2.05, 4.69) is 0 Å². The number of halogens is 3. The minimum Gasteiger partial charge on any atom is -0.481 e. The topological polar surface area (TPSA) is 57.5 Å². The van der Waals surface area contributed by atoms with Gasteiger partial charge in [0.25, 0.3) is 0 Å². The van der Waals surface area contributed by atoms with Crippen molar-refractivity contribution < 1.29 is 28.2 Å². The molecule has 0 aliphatic heterocycles. The van der Waals surface area contributed by atoms with Gasteiger partial charge in [0.05, 0.1) is 5.41 Å². The number of alkyl halides is 3. The van der Waals surface area contributed by atoms with Crippen LogP contribution in [0.2, 0.25) is 0 Å². The lowest BCUT2D eigenvalue weighted by atomic mass is 9.65. The van der Waals surface area contributed by atoms with Crippen molar-refractivity contribution in [3.63, 3.8) is 0 Å². The van der Waals surface area contributed by atoms with Crippen LogP contribution in [-0.4, -0.2) is 28.5 Å². The summed E-state index contributed by atoms with van der Waals surface area (Å²) in [6.07, 6.45) is -6.94. The highest BCUT2D eigenvalue weighted by Crippen LogP contribution is 2.46. The number of aliphatic hydroxyl groups excluding tert-OH is 1. The van der Waals surface area contributed by atoms with E-state index in [4.69, 9.17) is 10.2 Å². The zero-order valence-electron chi connectivity index (χ0n) is 7.34. The highest BCUT2D eigenvalue weighted by molar-refractivity contribution is 5.75. The van der Waals surface area contributed by atoms with Crippen molar-refractivity contribution in [2.75, 3.05) is 0 Å². The summed E-state index contributed by atoms with van der Waals surface area (Å²) in [7, 11) is 0. The Bertz CT molecular complexity index is 232. The van der Waals surface area contributed by atoms with Crippen LogP contribution in [0.25, 0.3) is 0 Å². The van der Waals surface area contributed by atoms with Crippen molar-refractivity contribution in [2.24, 2.45) is 5.41 Å². The number of carboxylic acid groups (broad SMARTS) is 1. The molecule has 1 unspecified atom stereocenters. The number of aliphatic carboxylic acids is 1. The third-order valence-electron chi connectivity index (χ3n) is 2.73. The van der Waals surface area contributed by atoms with E-state index in [1.807, 2.05) is 0 Å². The zero-order chi connectivity index (χ0) is 11.0. The summed E-state index contributed by atoms with van der Waals surface area (Å²) >= 11 is 0. The quantitative estimate of drug-likeness (QED) is 0.746. The number of aliphatic hydroxyl groups is 1. The minimum atomic E-state index is -4.72. The zero-order valence-corrected chi connectivity index (χ0v) is 7.34. The van der Waals surface area contributed by atoms with Crippen molar-refractivity contribution in [2.45, 2.75) is 38.0 Å². The maximum atomic E-state index is 12.0. The number of hydrogen-bond donors (Lipinski definition) is 2. The second-order valence-corrected chi connectivity index (χ2v) is 3.70. The molecule has 0 amide bonds. The maximum absolute atomic E-state index is 12.0. The van der Waals surface area contributed by atoms with Crippen LogP contribution in [0, 0.1) is 5.41 Å². The molecule has 1 saturated carbocycles. The minimum absolute atomic E-state index is 0.218. The molecule has 2 N–H and O–H groups in total. The Balaban J connectivity index is 2.62. The fraction of sp³-hybridized carbons (Fsp3) is 0.875. The lowest BCUT2D eigenvalue weighted by Gasteiger charge is -2.39. The summed E-state index contributed by atoms with van der Waals surface area (Å²) in [5, 5.41) is 17.5. The molecule has 0 aromatic carbocycles. The summed E-state index contributed by atoms with van der Waals surface area (Å²) in [5.41, 5.74) is -1.35. The normalized spacial score (nSPS) is 22.6. The Hall–Kier alpha value is -0.780. The molecule has 1 fully saturated rings. The summed E-state index contributed by atoms with van der Waals surface area (Å²) in [4.78, 5) is 10.7. The first-order valence-electron chi connectivity index (χ1n) is 4.26. The average Bonchev–Trinajstić information content (AvgIpc) is 1.93. The second kappa shape index (κ2) is 3.42. The first-order chi connectivity index (χ1) is 6.28. The number of rotatable bonds is 3. The molecule has 6 heteroatoms. The van der Waals surface area contributed by atoms with E-state index in [-0.39, 0.29) is 12.8 Å². The fourth-order valence-corrected chi connectivity index (χ4v) is 1.59. The molecule has 1 aliphatic carbocycles. The van der Waals surface area contributed by atoms with Crippen molar-refractivity contribution >= 4 is 5.97 Å². The van der Waals surface area contributed by atoms with Gasteiger partial charge < -0.3 is 10.2 Å². The van der Waals surface area contributed by atoms with Gasteiger partial charge in [0.1, 0.15) is 0 Å². The first kappa shape index (κ1) is 11.3. The van der Waals surface area contributed by atoms with Gasteiger partial charge in [-0.15, -0.1) is 0 Å². The molecule has 0 aromatic rings. The molecule has 0 spiro atoms. The van der Waals surface area contributed by atoms with Gasteiger partial charge >= 0.3 is 12.1 Å². The third-order valence-corrected chi connectivity index (χ3v) is 2.73. The maximum Gasteiger partial charge on any atom is 0.414 e.